The first-order chi connectivity index (χ1) is 11.6. The molecule has 1 aliphatic rings. The normalized spacial score (nSPS) is 16.8. The van der Waals surface area contributed by atoms with Crippen LogP contribution in [0.3, 0.4) is 0 Å². The van der Waals surface area contributed by atoms with Crippen LogP contribution in [0.4, 0.5) is 5.69 Å². The van der Waals surface area contributed by atoms with Crippen LogP contribution in [-0.4, -0.2) is 19.0 Å². The first-order valence-electron chi connectivity index (χ1n) is 7.52. The Kier molecular flexibility index (Phi) is 4.33. The highest BCUT2D eigenvalue weighted by atomic mass is 16.6. The third-order valence-corrected chi connectivity index (χ3v) is 3.79. The highest BCUT2D eigenvalue weighted by Gasteiger charge is 2.40. The largest absolute Gasteiger partial charge is 0.465 e. The van der Waals surface area contributed by atoms with Crippen molar-refractivity contribution in [1.82, 2.24) is 0 Å². The van der Waals surface area contributed by atoms with Gasteiger partial charge in [-0.05, 0) is 24.6 Å². The van der Waals surface area contributed by atoms with Gasteiger partial charge in [0.15, 0.2) is 6.10 Å². The van der Waals surface area contributed by atoms with Crippen molar-refractivity contribution in [1.29, 1.82) is 0 Å². The molecule has 0 aromatic heterocycles. The molecule has 0 radical (unpaired) electrons. The number of benzene rings is 2. The maximum Gasteiger partial charge on any atom is 0.356 e. The molecular formula is C19H17NO4. The summed E-state index contributed by atoms with van der Waals surface area (Å²) in [6, 6.07) is 16.6. The second-order valence-electron chi connectivity index (χ2n) is 5.47. The summed E-state index contributed by atoms with van der Waals surface area (Å²) in [7, 11) is 1.28. The van der Waals surface area contributed by atoms with E-state index in [9.17, 15) is 9.59 Å². The van der Waals surface area contributed by atoms with Crippen LogP contribution in [0.5, 0.6) is 0 Å². The molecule has 24 heavy (non-hydrogen) atoms. The minimum atomic E-state index is -0.781. The number of carbonyl (C=O) groups excluding carboxylic acids is 2. The van der Waals surface area contributed by atoms with E-state index in [0.717, 1.165) is 11.1 Å². The van der Waals surface area contributed by atoms with Crippen molar-refractivity contribution in [3.8, 4) is 0 Å². The zero-order valence-electron chi connectivity index (χ0n) is 13.4. The van der Waals surface area contributed by atoms with Crippen molar-refractivity contribution in [2.45, 2.75) is 13.0 Å². The molecule has 122 valence electrons. The molecule has 1 aliphatic heterocycles. The molecule has 0 saturated carbocycles. The van der Waals surface area contributed by atoms with Gasteiger partial charge in [-0.3, -0.25) is 0 Å². The van der Waals surface area contributed by atoms with E-state index in [0.29, 0.717) is 5.69 Å². The predicted molar refractivity (Wildman–Crippen MR) is 89.1 cm³/mol. The number of esters is 2. The third-order valence-electron chi connectivity index (χ3n) is 3.79. The molecule has 0 saturated heterocycles. The summed E-state index contributed by atoms with van der Waals surface area (Å²) in [5, 5.41) is 2.97. The van der Waals surface area contributed by atoms with Crippen molar-refractivity contribution >= 4 is 17.6 Å². The van der Waals surface area contributed by atoms with E-state index in [1.165, 1.54) is 7.11 Å². The summed E-state index contributed by atoms with van der Waals surface area (Å²) >= 11 is 0. The van der Waals surface area contributed by atoms with Crippen molar-refractivity contribution in [2.24, 2.45) is 0 Å². The molecule has 5 nitrogen and oxygen atoms in total. The molecule has 1 heterocycles. The first kappa shape index (κ1) is 15.8. The molecule has 0 aliphatic carbocycles. The molecule has 5 heteroatoms. The van der Waals surface area contributed by atoms with Gasteiger partial charge in [-0.15, -0.1) is 0 Å². The van der Waals surface area contributed by atoms with Gasteiger partial charge in [0.05, 0.1) is 7.11 Å². The number of hydrogen-bond acceptors (Lipinski definition) is 5. The molecule has 0 amide bonds. The number of cyclic esters (lactones) is 1. The van der Waals surface area contributed by atoms with Gasteiger partial charge < -0.3 is 14.8 Å². The predicted octanol–water partition coefficient (Wildman–Crippen LogP) is 3.13. The fraction of sp³-hybridized carbons (Fsp3) is 0.158. The lowest BCUT2D eigenvalue weighted by Crippen LogP contribution is -2.14. The number of methoxy groups -OCH3 is 1. The van der Waals surface area contributed by atoms with Gasteiger partial charge in [0, 0.05) is 5.69 Å². The summed E-state index contributed by atoms with van der Waals surface area (Å²) in [5.74, 6) is -1.17. The molecule has 2 aromatic carbocycles. The molecule has 1 unspecified atom stereocenters. The van der Waals surface area contributed by atoms with Crippen molar-refractivity contribution < 1.29 is 19.1 Å². The van der Waals surface area contributed by atoms with Gasteiger partial charge in [-0.25, -0.2) is 9.59 Å². The lowest BCUT2D eigenvalue weighted by atomic mass is 10.0. The zero-order chi connectivity index (χ0) is 17.1. The standard InChI is InChI=1S/C19H17NO4/c1-12-8-10-13(11-9-12)17-15(18(21)23-2)16(19(22)24-17)20-14-6-4-3-5-7-14/h3-11,17,20H,1-2H3. The summed E-state index contributed by atoms with van der Waals surface area (Å²) < 4.78 is 10.3. The minimum Gasteiger partial charge on any atom is -0.465 e. The van der Waals surface area contributed by atoms with E-state index in [1.54, 1.807) is 12.1 Å². The topological polar surface area (TPSA) is 64.6 Å². The highest BCUT2D eigenvalue weighted by Crippen LogP contribution is 2.36. The highest BCUT2D eigenvalue weighted by molar-refractivity contribution is 6.06. The molecule has 0 bridgehead atoms. The fourth-order valence-electron chi connectivity index (χ4n) is 2.55. The van der Waals surface area contributed by atoms with Crippen LogP contribution in [0.1, 0.15) is 17.2 Å². The van der Waals surface area contributed by atoms with Crippen molar-refractivity contribution in [2.75, 3.05) is 12.4 Å². The lowest BCUT2D eigenvalue weighted by molar-refractivity contribution is -0.141. The number of para-hydroxylation sites is 1. The lowest BCUT2D eigenvalue weighted by Gasteiger charge is -2.13. The van der Waals surface area contributed by atoms with Crippen LogP contribution in [0.15, 0.2) is 65.9 Å². The Bertz CT molecular complexity index is 794. The molecule has 3 rings (SSSR count). The summed E-state index contributed by atoms with van der Waals surface area (Å²) in [6.07, 6.45) is -0.781. The van der Waals surface area contributed by atoms with Gasteiger partial charge in [0.25, 0.3) is 0 Å². The van der Waals surface area contributed by atoms with Gasteiger partial charge in [-0.2, -0.15) is 0 Å². The fourth-order valence-corrected chi connectivity index (χ4v) is 2.55. The Labute approximate surface area is 139 Å². The monoisotopic (exact) mass is 323 g/mol. The van der Waals surface area contributed by atoms with Crippen LogP contribution in [0.25, 0.3) is 0 Å². The van der Waals surface area contributed by atoms with Gasteiger partial charge in [0.1, 0.15) is 11.3 Å². The average molecular weight is 323 g/mol. The molecule has 1 N–H and O–H groups in total. The maximum atomic E-state index is 12.3. The number of hydrogen-bond donors (Lipinski definition) is 1. The zero-order valence-corrected chi connectivity index (χ0v) is 13.4. The van der Waals surface area contributed by atoms with E-state index in [2.05, 4.69) is 5.32 Å². The van der Waals surface area contributed by atoms with E-state index < -0.39 is 18.0 Å². The number of aryl methyl sites for hydroxylation is 1. The molecule has 0 fully saturated rings. The number of rotatable bonds is 4. The molecular weight excluding hydrogens is 306 g/mol. The van der Waals surface area contributed by atoms with Crippen LogP contribution in [0, 0.1) is 6.92 Å². The van der Waals surface area contributed by atoms with Crippen molar-refractivity contribution in [3.05, 3.63) is 77.0 Å². The van der Waals surface area contributed by atoms with Crippen LogP contribution >= 0.6 is 0 Å². The number of anilines is 1. The van der Waals surface area contributed by atoms with E-state index in [4.69, 9.17) is 9.47 Å². The van der Waals surface area contributed by atoms with Gasteiger partial charge in [-0.1, -0.05) is 48.0 Å². The van der Waals surface area contributed by atoms with Crippen LogP contribution < -0.4 is 5.32 Å². The van der Waals surface area contributed by atoms with Gasteiger partial charge >= 0.3 is 11.9 Å². The first-order valence-corrected chi connectivity index (χ1v) is 7.52. The molecule has 0 spiro atoms. The SMILES string of the molecule is COC(=O)C1=C(Nc2ccccc2)C(=O)OC1c1ccc(C)cc1. The second-order valence-corrected chi connectivity index (χ2v) is 5.47. The average Bonchev–Trinajstić information content (AvgIpc) is 2.92. The van der Waals surface area contributed by atoms with E-state index in [-0.39, 0.29) is 11.3 Å². The Morgan fingerprint density at radius 3 is 2.38 bits per heavy atom. The summed E-state index contributed by atoms with van der Waals surface area (Å²) in [6.45, 7) is 1.96. The number of nitrogens with one attached hydrogen (secondary N) is 1. The maximum absolute atomic E-state index is 12.3. The van der Waals surface area contributed by atoms with Crippen molar-refractivity contribution in [3.63, 3.8) is 0 Å². The summed E-state index contributed by atoms with van der Waals surface area (Å²) in [4.78, 5) is 24.6. The Hall–Kier alpha value is -3.08. The smallest absolute Gasteiger partial charge is 0.356 e. The third kappa shape index (κ3) is 3.01. The van der Waals surface area contributed by atoms with E-state index in [1.807, 2.05) is 49.4 Å². The number of carbonyl (C=O) groups is 2. The molecule has 1 atom stereocenters. The summed E-state index contributed by atoms with van der Waals surface area (Å²) in [5.41, 5.74) is 2.78. The minimum absolute atomic E-state index is 0.110. The number of ether oxygens (including phenoxy) is 2. The van der Waals surface area contributed by atoms with Crippen LogP contribution in [-0.2, 0) is 19.1 Å². The Morgan fingerprint density at radius 2 is 1.75 bits per heavy atom. The quantitative estimate of drug-likeness (QED) is 0.876. The second kappa shape index (κ2) is 6.58. The Balaban J connectivity index is 2.03. The molecule has 2 aromatic rings. The van der Waals surface area contributed by atoms with Crippen LogP contribution in [0.2, 0.25) is 0 Å². The van der Waals surface area contributed by atoms with Gasteiger partial charge in [0.2, 0.25) is 0 Å². The van der Waals surface area contributed by atoms with E-state index >= 15 is 0 Å². The Morgan fingerprint density at radius 1 is 1.08 bits per heavy atom.